The topological polar surface area (TPSA) is 84.0 Å². The van der Waals surface area contributed by atoms with Gasteiger partial charge in [-0.05, 0) is 62.2 Å². The lowest BCUT2D eigenvalue weighted by molar-refractivity contribution is 0.0611. The predicted octanol–water partition coefficient (Wildman–Crippen LogP) is 4.77. The summed E-state index contributed by atoms with van der Waals surface area (Å²) >= 11 is 1.55. The number of hydrogen-bond acceptors (Lipinski definition) is 7. The molecule has 1 fully saturated rings. The highest BCUT2D eigenvalue weighted by Gasteiger charge is 2.30. The van der Waals surface area contributed by atoms with Crippen molar-refractivity contribution in [3.63, 3.8) is 0 Å². The SMILES string of the molecule is COc1ccc(C(=O)N2CCCCC2c2cccc(C(=O)Nc3nc4c(s3)CN(C)CC4)c2)cc1OC. The van der Waals surface area contributed by atoms with Crippen molar-refractivity contribution in [2.45, 2.75) is 38.3 Å². The first-order valence-electron chi connectivity index (χ1n) is 12.6. The summed E-state index contributed by atoms with van der Waals surface area (Å²) in [6, 6.07) is 12.7. The molecule has 3 aromatic rings. The zero-order chi connectivity index (χ0) is 25.9. The number of aromatic nitrogens is 1. The van der Waals surface area contributed by atoms with Gasteiger partial charge in [-0.3, -0.25) is 14.9 Å². The van der Waals surface area contributed by atoms with Gasteiger partial charge in [-0.1, -0.05) is 12.1 Å². The number of benzene rings is 2. The van der Waals surface area contributed by atoms with E-state index in [4.69, 9.17) is 9.47 Å². The molecular formula is C28H32N4O4S. The number of thiazole rings is 1. The second-order valence-electron chi connectivity index (χ2n) is 9.54. The van der Waals surface area contributed by atoms with E-state index in [0.717, 1.165) is 50.0 Å². The molecule has 9 heteroatoms. The summed E-state index contributed by atoms with van der Waals surface area (Å²) < 4.78 is 10.7. The largest absolute Gasteiger partial charge is 0.493 e. The fraction of sp³-hybridized carbons (Fsp3) is 0.393. The van der Waals surface area contributed by atoms with Gasteiger partial charge in [-0.25, -0.2) is 4.98 Å². The second-order valence-corrected chi connectivity index (χ2v) is 10.6. The fourth-order valence-corrected chi connectivity index (χ4v) is 6.17. The maximum absolute atomic E-state index is 13.6. The highest BCUT2D eigenvalue weighted by Crippen LogP contribution is 2.35. The minimum absolute atomic E-state index is 0.0566. The first kappa shape index (κ1) is 25.2. The number of carbonyl (C=O) groups is 2. The van der Waals surface area contributed by atoms with Gasteiger partial charge in [0, 0.05) is 42.1 Å². The third-order valence-corrected chi connectivity index (χ3v) is 8.07. The molecule has 2 amide bonds. The molecule has 37 heavy (non-hydrogen) atoms. The number of nitrogens with one attached hydrogen (secondary N) is 1. The maximum Gasteiger partial charge on any atom is 0.257 e. The first-order chi connectivity index (χ1) is 18.0. The molecular weight excluding hydrogens is 488 g/mol. The minimum Gasteiger partial charge on any atom is -0.493 e. The van der Waals surface area contributed by atoms with E-state index in [-0.39, 0.29) is 17.9 Å². The second kappa shape index (κ2) is 10.9. The Labute approximate surface area is 221 Å². The van der Waals surface area contributed by atoms with Crippen molar-refractivity contribution in [2.24, 2.45) is 0 Å². The Bertz CT molecular complexity index is 1310. The average Bonchev–Trinajstić information content (AvgIpc) is 3.33. The van der Waals surface area contributed by atoms with Crippen LogP contribution in [0.2, 0.25) is 0 Å². The Morgan fingerprint density at radius 2 is 1.86 bits per heavy atom. The molecule has 1 unspecified atom stereocenters. The number of fused-ring (bicyclic) bond motifs is 1. The van der Waals surface area contributed by atoms with Gasteiger partial charge in [-0.2, -0.15) is 0 Å². The molecule has 1 saturated heterocycles. The van der Waals surface area contributed by atoms with E-state index in [2.05, 4.69) is 22.2 Å². The van der Waals surface area contributed by atoms with Crippen LogP contribution in [0, 0.1) is 0 Å². The Kier molecular flexibility index (Phi) is 7.43. The van der Waals surface area contributed by atoms with Gasteiger partial charge in [0.2, 0.25) is 0 Å². The highest BCUT2D eigenvalue weighted by molar-refractivity contribution is 7.15. The molecule has 8 nitrogen and oxygen atoms in total. The van der Waals surface area contributed by atoms with Crippen molar-refractivity contribution < 1.29 is 19.1 Å². The molecule has 3 heterocycles. The highest BCUT2D eigenvalue weighted by atomic mass is 32.1. The van der Waals surface area contributed by atoms with Crippen LogP contribution in [0.15, 0.2) is 42.5 Å². The number of ether oxygens (including phenoxy) is 2. The van der Waals surface area contributed by atoms with Crippen LogP contribution in [0.25, 0.3) is 0 Å². The van der Waals surface area contributed by atoms with Gasteiger partial charge in [0.1, 0.15) is 0 Å². The summed E-state index contributed by atoms with van der Waals surface area (Å²) in [5, 5.41) is 3.62. The summed E-state index contributed by atoms with van der Waals surface area (Å²) in [7, 11) is 5.23. The summed E-state index contributed by atoms with van der Waals surface area (Å²) in [5.74, 6) is 0.867. The lowest BCUT2D eigenvalue weighted by Crippen LogP contribution is -2.38. The summed E-state index contributed by atoms with van der Waals surface area (Å²) in [4.78, 5) is 36.7. The molecule has 5 rings (SSSR count). The van der Waals surface area contributed by atoms with Gasteiger partial charge in [-0.15, -0.1) is 11.3 Å². The number of piperidine rings is 1. The Hall–Kier alpha value is -3.43. The van der Waals surface area contributed by atoms with Gasteiger partial charge in [0.15, 0.2) is 16.6 Å². The molecule has 2 aliphatic heterocycles. The van der Waals surface area contributed by atoms with E-state index < -0.39 is 0 Å². The van der Waals surface area contributed by atoms with E-state index in [1.54, 1.807) is 43.8 Å². The van der Waals surface area contributed by atoms with Crippen LogP contribution in [-0.2, 0) is 13.0 Å². The third-order valence-electron chi connectivity index (χ3n) is 7.07. The smallest absolute Gasteiger partial charge is 0.257 e. The standard InChI is InChI=1S/C28H32N4O4S/c1-31-14-12-21-25(17-31)37-28(29-21)30-26(33)19-8-6-7-18(15-19)22-9-4-5-13-32(22)27(34)20-10-11-23(35-2)24(16-20)36-3/h6-8,10-11,15-16,22H,4-5,9,12-14,17H2,1-3H3,(H,29,30,33). The van der Waals surface area contributed by atoms with Crippen LogP contribution >= 0.6 is 11.3 Å². The van der Waals surface area contributed by atoms with E-state index in [9.17, 15) is 9.59 Å². The Morgan fingerprint density at radius 3 is 2.68 bits per heavy atom. The Morgan fingerprint density at radius 1 is 1.03 bits per heavy atom. The number of anilines is 1. The van der Waals surface area contributed by atoms with Crippen LogP contribution in [0.4, 0.5) is 5.13 Å². The molecule has 0 bridgehead atoms. The summed E-state index contributed by atoms with van der Waals surface area (Å²) in [6.45, 7) is 2.50. The number of hydrogen-bond donors (Lipinski definition) is 1. The monoisotopic (exact) mass is 520 g/mol. The Balaban J connectivity index is 1.35. The van der Waals surface area contributed by atoms with Crippen LogP contribution < -0.4 is 14.8 Å². The van der Waals surface area contributed by atoms with Crippen molar-refractivity contribution >= 4 is 28.3 Å². The van der Waals surface area contributed by atoms with Crippen LogP contribution in [-0.4, -0.2) is 61.0 Å². The molecule has 194 valence electrons. The molecule has 0 saturated carbocycles. The van der Waals surface area contributed by atoms with Crippen LogP contribution in [0.5, 0.6) is 11.5 Å². The fourth-order valence-electron chi connectivity index (χ4n) is 5.09. The lowest BCUT2D eigenvalue weighted by Gasteiger charge is -2.36. The molecule has 2 aromatic carbocycles. The molecule has 0 radical (unpaired) electrons. The first-order valence-corrected chi connectivity index (χ1v) is 13.4. The van der Waals surface area contributed by atoms with Crippen molar-refractivity contribution in [1.29, 1.82) is 0 Å². The lowest BCUT2D eigenvalue weighted by atomic mass is 9.93. The maximum atomic E-state index is 13.6. The average molecular weight is 521 g/mol. The van der Waals surface area contributed by atoms with E-state index in [0.29, 0.717) is 34.3 Å². The van der Waals surface area contributed by atoms with E-state index >= 15 is 0 Å². The molecule has 1 N–H and O–H groups in total. The number of likely N-dealkylation sites (tertiary alicyclic amines) is 1. The van der Waals surface area contributed by atoms with Crippen molar-refractivity contribution in [1.82, 2.24) is 14.8 Å². The quantitative estimate of drug-likeness (QED) is 0.504. The van der Waals surface area contributed by atoms with Crippen LogP contribution in [0.1, 0.15) is 62.2 Å². The zero-order valence-electron chi connectivity index (χ0n) is 21.5. The van der Waals surface area contributed by atoms with Crippen molar-refractivity contribution in [2.75, 3.05) is 39.7 Å². The van der Waals surface area contributed by atoms with Gasteiger partial charge in [0.25, 0.3) is 11.8 Å². The number of amides is 2. The van der Waals surface area contributed by atoms with Gasteiger partial charge in [0.05, 0.1) is 26.0 Å². The van der Waals surface area contributed by atoms with Gasteiger partial charge >= 0.3 is 0 Å². The van der Waals surface area contributed by atoms with Crippen molar-refractivity contribution in [3.05, 3.63) is 69.7 Å². The molecule has 2 aliphatic rings. The number of likely N-dealkylation sites (N-methyl/N-ethyl adjacent to an activating group) is 1. The third kappa shape index (κ3) is 5.33. The zero-order valence-corrected chi connectivity index (χ0v) is 22.3. The minimum atomic E-state index is -0.185. The van der Waals surface area contributed by atoms with Crippen LogP contribution in [0.3, 0.4) is 0 Å². The molecule has 1 aromatic heterocycles. The van der Waals surface area contributed by atoms with Crippen molar-refractivity contribution in [3.8, 4) is 11.5 Å². The summed E-state index contributed by atoms with van der Waals surface area (Å²) in [5.41, 5.74) is 3.16. The molecule has 1 atom stereocenters. The predicted molar refractivity (Wildman–Crippen MR) is 144 cm³/mol. The number of nitrogens with zero attached hydrogens (tertiary/aromatic N) is 3. The number of rotatable bonds is 6. The number of carbonyl (C=O) groups excluding carboxylic acids is 2. The molecule has 0 spiro atoms. The van der Waals surface area contributed by atoms with E-state index in [1.807, 2.05) is 29.2 Å². The van der Waals surface area contributed by atoms with E-state index in [1.165, 1.54) is 4.88 Å². The number of methoxy groups -OCH3 is 2. The van der Waals surface area contributed by atoms with Gasteiger partial charge < -0.3 is 19.3 Å². The summed E-state index contributed by atoms with van der Waals surface area (Å²) in [6.07, 6.45) is 3.71. The normalized spacial score (nSPS) is 17.7. The molecule has 0 aliphatic carbocycles.